The number of nitrogens with zero attached hydrogens (tertiary/aromatic N) is 1. The van der Waals surface area contributed by atoms with Crippen LogP contribution in [0.3, 0.4) is 0 Å². The Bertz CT molecular complexity index is 1580. The van der Waals surface area contributed by atoms with Crippen LogP contribution >= 0.6 is 11.6 Å². The molecule has 1 unspecified atom stereocenters. The van der Waals surface area contributed by atoms with E-state index in [2.05, 4.69) is 0 Å². The van der Waals surface area contributed by atoms with Gasteiger partial charge in [0.1, 0.15) is 5.58 Å². The lowest BCUT2D eigenvalue weighted by atomic mass is 9.97. The molecule has 5 rings (SSSR count). The molecule has 0 saturated heterocycles. The molecule has 0 aliphatic carbocycles. The average molecular weight is 516 g/mol. The Hall–Kier alpha value is -3.98. The normalized spacial score (nSPS) is 15.3. The summed E-state index contributed by atoms with van der Waals surface area (Å²) in [6.45, 7) is 0. The number of carbonyl (C=O) groups is 1. The van der Waals surface area contributed by atoms with Crippen molar-refractivity contribution in [3.05, 3.63) is 98.4 Å². The number of methoxy groups -OCH3 is 2. The van der Waals surface area contributed by atoms with Crippen LogP contribution in [0.2, 0.25) is 5.02 Å². The van der Waals surface area contributed by atoms with Crippen molar-refractivity contribution in [3.8, 4) is 11.5 Å². The van der Waals surface area contributed by atoms with Crippen molar-refractivity contribution in [2.45, 2.75) is 12.2 Å². The molecule has 0 spiro atoms. The van der Waals surface area contributed by atoms with Crippen LogP contribution in [0.25, 0.3) is 11.0 Å². The highest BCUT2D eigenvalue weighted by molar-refractivity contribution is 6.31. The highest BCUT2D eigenvalue weighted by atomic mass is 35.5. The van der Waals surface area contributed by atoms with Gasteiger partial charge in [0, 0.05) is 10.7 Å². The molecule has 36 heavy (non-hydrogen) atoms. The third-order valence-electron chi connectivity index (χ3n) is 6.01. The van der Waals surface area contributed by atoms with Crippen LogP contribution in [0.5, 0.6) is 11.5 Å². The molecule has 4 aromatic rings. The molecule has 1 atom stereocenters. The van der Waals surface area contributed by atoms with Crippen molar-refractivity contribution in [1.29, 1.82) is 0 Å². The second-order valence-electron chi connectivity index (χ2n) is 8.05. The number of rotatable bonds is 4. The van der Waals surface area contributed by atoms with Gasteiger partial charge in [-0.25, -0.2) is 0 Å². The smallest absolute Gasteiger partial charge is 0.416 e. The quantitative estimate of drug-likeness (QED) is 0.322. The minimum absolute atomic E-state index is 0.0144. The van der Waals surface area contributed by atoms with Crippen molar-refractivity contribution >= 4 is 34.2 Å². The largest absolute Gasteiger partial charge is 0.493 e. The van der Waals surface area contributed by atoms with Crippen molar-refractivity contribution in [3.63, 3.8) is 0 Å². The first-order chi connectivity index (χ1) is 17.1. The first kappa shape index (κ1) is 23.7. The van der Waals surface area contributed by atoms with E-state index in [0.29, 0.717) is 17.1 Å². The molecular formula is C26H17ClF3NO5. The number of amides is 1. The molecule has 6 nitrogen and oxygen atoms in total. The Morgan fingerprint density at radius 2 is 1.69 bits per heavy atom. The molecule has 1 aliphatic rings. The van der Waals surface area contributed by atoms with Gasteiger partial charge in [-0.1, -0.05) is 23.7 Å². The Balaban J connectivity index is 1.80. The minimum atomic E-state index is -4.63. The van der Waals surface area contributed by atoms with Crippen LogP contribution < -0.4 is 19.8 Å². The Labute approximate surface area is 207 Å². The standard InChI is InChI=1S/C26H17ClF3NO5/c1-34-19-8-6-13(10-20(19)35-2)22-21-23(32)17-12-15(27)7-9-18(17)36-24(21)25(33)31(22)16-5-3-4-14(11-16)26(28,29)30/h3-12,22H,1-2H3. The second kappa shape index (κ2) is 8.60. The van der Waals surface area contributed by atoms with Gasteiger partial charge in [-0.3, -0.25) is 14.5 Å². The van der Waals surface area contributed by atoms with E-state index in [-0.39, 0.29) is 33.0 Å². The maximum Gasteiger partial charge on any atom is 0.416 e. The van der Waals surface area contributed by atoms with Crippen LogP contribution in [0, 0.1) is 0 Å². The molecule has 184 valence electrons. The summed E-state index contributed by atoms with van der Waals surface area (Å²) in [6, 6.07) is 12.4. The van der Waals surface area contributed by atoms with E-state index in [4.69, 9.17) is 25.5 Å². The lowest BCUT2D eigenvalue weighted by Gasteiger charge is -2.26. The fraction of sp³-hybridized carbons (Fsp3) is 0.154. The molecule has 1 aliphatic heterocycles. The van der Waals surface area contributed by atoms with Gasteiger partial charge in [-0.2, -0.15) is 13.2 Å². The molecule has 3 aromatic carbocycles. The summed E-state index contributed by atoms with van der Waals surface area (Å²) in [5, 5.41) is 0.432. The molecule has 0 radical (unpaired) electrons. The second-order valence-corrected chi connectivity index (χ2v) is 8.49. The topological polar surface area (TPSA) is 69.0 Å². The van der Waals surface area contributed by atoms with Gasteiger partial charge in [0.2, 0.25) is 5.76 Å². The summed E-state index contributed by atoms with van der Waals surface area (Å²) in [4.78, 5) is 28.4. The van der Waals surface area contributed by atoms with Gasteiger partial charge in [0.05, 0.1) is 36.8 Å². The van der Waals surface area contributed by atoms with E-state index in [1.807, 2.05) is 0 Å². The lowest BCUT2D eigenvalue weighted by Crippen LogP contribution is -2.29. The average Bonchev–Trinajstić information content (AvgIpc) is 3.16. The highest BCUT2D eigenvalue weighted by Crippen LogP contribution is 2.44. The Morgan fingerprint density at radius 1 is 0.944 bits per heavy atom. The fourth-order valence-corrected chi connectivity index (χ4v) is 4.55. The van der Waals surface area contributed by atoms with E-state index in [9.17, 15) is 22.8 Å². The lowest BCUT2D eigenvalue weighted by molar-refractivity contribution is -0.137. The summed E-state index contributed by atoms with van der Waals surface area (Å²) < 4.78 is 57.0. The van der Waals surface area contributed by atoms with Crippen LogP contribution in [0.4, 0.5) is 18.9 Å². The number of alkyl halides is 3. The first-order valence-corrected chi connectivity index (χ1v) is 11.0. The Kier molecular flexibility index (Phi) is 5.67. The van der Waals surface area contributed by atoms with Gasteiger partial charge < -0.3 is 13.9 Å². The Morgan fingerprint density at radius 3 is 2.39 bits per heavy atom. The van der Waals surface area contributed by atoms with Crippen molar-refractivity contribution < 1.29 is 31.9 Å². The summed E-state index contributed by atoms with van der Waals surface area (Å²) in [6.07, 6.45) is -4.63. The van der Waals surface area contributed by atoms with Crippen molar-refractivity contribution in [2.24, 2.45) is 0 Å². The molecule has 0 fully saturated rings. The van der Waals surface area contributed by atoms with Crippen LogP contribution in [0.15, 0.2) is 69.9 Å². The predicted octanol–water partition coefficient (Wildman–Crippen LogP) is 6.23. The van der Waals surface area contributed by atoms with Crippen LogP contribution in [-0.2, 0) is 6.18 Å². The number of hydrogen-bond acceptors (Lipinski definition) is 5. The number of hydrogen-bond donors (Lipinski definition) is 0. The summed E-state index contributed by atoms with van der Waals surface area (Å²) in [5.41, 5.74) is -0.983. The minimum Gasteiger partial charge on any atom is -0.493 e. The monoisotopic (exact) mass is 515 g/mol. The van der Waals surface area contributed by atoms with E-state index in [0.717, 1.165) is 17.0 Å². The van der Waals surface area contributed by atoms with Gasteiger partial charge in [-0.15, -0.1) is 0 Å². The first-order valence-electron chi connectivity index (χ1n) is 10.6. The molecular weight excluding hydrogens is 499 g/mol. The summed E-state index contributed by atoms with van der Waals surface area (Å²) in [7, 11) is 2.87. The molecule has 2 heterocycles. The number of anilines is 1. The van der Waals surface area contributed by atoms with Gasteiger partial charge in [0.25, 0.3) is 5.91 Å². The van der Waals surface area contributed by atoms with Gasteiger partial charge in [0.15, 0.2) is 16.9 Å². The predicted molar refractivity (Wildman–Crippen MR) is 127 cm³/mol. The summed E-state index contributed by atoms with van der Waals surface area (Å²) >= 11 is 6.09. The maximum absolute atomic E-state index is 13.6. The zero-order chi connectivity index (χ0) is 25.8. The highest BCUT2D eigenvalue weighted by Gasteiger charge is 2.44. The van der Waals surface area contributed by atoms with Crippen molar-refractivity contribution in [1.82, 2.24) is 0 Å². The number of fused-ring (bicyclic) bond motifs is 2. The maximum atomic E-state index is 13.6. The van der Waals surface area contributed by atoms with E-state index in [1.165, 1.54) is 44.6 Å². The number of carbonyl (C=O) groups excluding carboxylic acids is 1. The molecule has 1 aromatic heterocycles. The number of halogens is 4. The van der Waals surface area contributed by atoms with Crippen molar-refractivity contribution in [2.75, 3.05) is 19.1 Å². The zero-order valence-electron chi connectivity index (χ0n) is 18.9. The molecule has 0 bridgehead atoms. The van der Waals surface area contributed by atoms with Gasteiger partial charge >= 0.3 is 6.18 Å². The van der Waals surface area contributed by atoms with E-state index in [1.54, 1.807) is 18.2 Å². The number of benzene rings is 3. The SMILES string of the molecule is COc1ccc(C2c3c(oc4ccc(Cl)cc4c3=O)C(=O)N2c2cccc(C(F)(F)F)c2)cc1OC. The third kappa shape index (κ3) is 3.76. The molecule has 0 N–H and O–H groups in total. The van der Waals surface area contributed by atoms with Crippen LogP contribution in [-0.4, -0.2) is 20.1 Å². The van der Waals surface area contributed by atoms with Gasteiger partial charge in [-0.05, 0) is 54.1 Å². The molecule has 1 amide bonds. The third-order valence-corrected chi connectivity index (χ3v) is 6.24. The molecule has 0 saturated carbocycles. The van der Waals surface area contributed by atoms with Crippen LogP contribution in [0.1, 0.15) is 33.3 Å². The fourth-order valence-electron chi connectivity index (χ4n) is 4.38. The molecule has 10 heteroatoms. The van der Waals surface area contributed by atoms with E-state index < -0.39 is 29.1 Å². The van der Waals surface area contributed by atoms with E-state index >= 15 is 0 Å². The number of ether oxygens (including phenoxy) is 2. The summed E-state index contributed by atoms with van der Waals surface area (Å²) in [5.74, 6) is -0.299. The zero-order valence-corrected chi connectivity index (χ0v) is 19.6.